The number of rotatable bonds is 3. The van der Waals surface area contributed by atoms with Crippen molar-refractivity contribution < 1.29 is 8.91 Å². The monoisotopic (exact) mass is 303 g/mol. The minimum Gasteiger partial charge on any atom is -0.337 e. The summed E-state index contributed by atoms with van der Waals surface area (Å²) < 4.78 is 18.2. The number of hydrogen-bond acceptors (Lipinski definition) is 4. The molecule has 0 bridgehead atoms. The van der Waals surface area contributed by atoms with E-state index in [2.05, 4.69) is 10.1 Å². The first-order valence-corrected chi connectivity index (χ1v) is 6.62. The van der Waals surface area contributed by atoms with Crippen molar-refractivity contribution >= 4 is 11.6 Å². The highest BCUT2D eigenvalue weighted by molar-refractivity contribution is 6.33. The molecule has 3 aromatic rings. The van der Waals surface area contributed by atoms with Crippen molar-refractivity contribution in [3.8, 4) is 11.4 Å². The van der Waals surface area contributed by atoms with E-state index >= 15 is 0 Å². The van der Waals surface area contributed by atoms with E-state index in [0.717, 1.165) is 5.56 Å². The molecule has 0 amide bonds. The van der Waals surface area contributed by atoms with Crippen LogP contribution >= 0.6 is 11.6 Å². The number of aromatic nitrogens is 2. The molecule has 0 fully saturated rings. The molecule has 21 heavy (non-hydrogen) atoms. The maximum absolute atomic E-state index is 13.0. The van der Waals surface area contributed by atoms with Crippen LogP contribution in [0.3, 0.4) is 0 Å². The van der Waals surface area contributed by atoms with Crippen LogP contribution in [-0.2, 0) is 0 Å². The van der Waals surface area contributed by atoms with Gasteiger partial charge in [0, 0.05) is 5.56 Å². The molecule has 3 rings (SSSR count). The average Bonchev–Trinajstić information content (AvgIpc) is 2.97. The van der Waals surface area contributed by atoms with E-state index in [1.165, 1.54) is 18.2 Å². The van der Waals surface area contributed by atoms with Gasteiger partial charge >= 0.3 is 0 Å². The van der Waals surface area contributed by atoms with Gasteiger partial charge in [-0.2, -0.15) is 4.98 Å². The summed E-state index contributed by atoms with van der Waals surface area (Å²) in [6.07, 6.45) is 0. The Morgan fingerprint density at radius 3 is 2.62 bits per heavy atom. The molecule has 0 saturated carbocycles. The molecule has 0 spiro atoms. The average molecular weight is 304 g/mol. The summed E-state index contributed by atoms with van der Waals surface area (Å²) in [6, 6.07) is 12.9. The lowest BCUT2D eigenvalue weighted by Crippen LogP contribution is -2.11. The zero-order chi connectivity index (χ0) is 14.8. The topological polar surface area (TPSA) is 64.9 Å². The maximum Gasteiger partial charge on any atom is 0.248 e. The lowest BCUT2D eigenvalue weighted by Gasteiger charge is -2.05. The van der Waals surface area contributed by atoms with Gasteiger partial charge in [-0.05, 0) is 23.8 Å². The normalized spacial score (nSPS) is 12.3. The van der Waals surface area contributed by atoms with Crippen LogP contribution in [0, 0.1) is 5.82 Å². The van der Waals surface area contributed by atoms with Crippen molar-refractivity contribution in [1.82, 2.24) is 10.1 Å². The van der Waals surface area contributed by atoms with E-state index in [0.29, 0.717) is 5.56 Å². The summed E-state index contributed by atoms with van der Waals surface area (Å²) in [5.41, 5.74) is 7.43. The van der Waals surface area contributed by atoms with Gasteiger partial charge in [0.25, 0.3) is 0 Å². The molecule has 0 saturated heterocycles. The van der Waals surface area contributed by atoms with E-state index in [1.807, 2.05) is 30.3 Å². The lowest BCUT2D eigenvalue weighted by molar-refractivity contribution is 0.367. The Labute approximate surface area is 125 Å². The van der Waals surface area contributed by atoms with Crippen molar-refractivity contribution in [3.63, 3.8) is 0 Å². The van der Waals surface area contributed by atoms with Crippen molar-refractivity contribution in [2.45, 2.75) is 6.04 Å². The quantitative estimate of drug-likeness (QED) is 0.803. The third-order valence-corrected chi connectivity index (χ3v) is 3.35. The first-order valence-electron chi connectivity index (χ1n) is 6.24. The van der Waals surface area contributed by atoms with Gasteiger partial charge in [-0.15, -0.1) is 0 Å². The molecular formula is C15H11ClFN3O. The summed E-state index contributed by atoms with van der Waals surface area (Å²) >= 11 is 5.98. The molecular weight excluding hydrogens is 293 g/mol. The second-order valence-electron chi connectivity index (χ2n) is 4.47. The third-order valence-electron chi connectivity index (χ3n) is 3.04. The Balaban J connectivity index is 1.93. The Morgan fingerprint density at radius 1 is 1.14 bits per heavy atom. The fraction of sp³-hybridized carbons (Fsp3) is 0.0667. The minimum atomic E-state index is -0.522. The van der Waals surface area contributed by atoms with Crippen molar-refractivity contribution in [2.24, 2.45) is 5.73 Å². The van der Waals surface area contributed by atoms with Crippen LogP contribution in [0.1, 0.15) is 17.5 Å². The standard InChI is InChI=1S/C15H11ClFN3O/c16-12-8-10(17)6-7-11(12)14-19-15(21-20-14)13(18)9-4-2-1-3-5-9/h1-8,13H,18H2. The molecule has 0 aliphatic carbocycles. The van der Waals surface area contributed by atoms with Gasteiger partial charge in [-0.25, -0.2) is 4.39 Å². The Kier molecular flexibility index (Phi) is 3.68. The van der Waals surface area contributed by atoms with Crippen molar-refractivity contribution in [3.05, 3.63) is 70.8 Å². The number of nitrogens with two attached hydrogens (primary N) is 1. The van der Waals surface area contributed by atoms with Crippen LogP contribution < -0.4 is 5.73 Å². The van der Waals surface area contributed by atoms with Gasteiger partial charge in [0.05, 0.1) is 5.02 Å². The minimum absolute atomic E-state index is 0.218. The third kappa shape index (κ3) is 2.79. The smallest absolute Gasteiger partial charge is 0.248 e. The molecule has 4 nitrogen and oxygen atoms in total. The molecule has 1 heterocycles. The van der Waals surface area contributed by atoms with Crippen LogP contribution in [0.25, 0.3) is 11.4 Å². The molecule has 1 unspecified atom stereocenters. The summed E-state index contributed by atoms with van der Waals surface area (Å²) in [5.74, 6) is 0.131. The fourth-order valence-corrected chi connectivity index (χ4v) is 2.20. The van der Waals surface area contributed by atoms with Crippen LogP contribution in [-0.4, -0.2) is 10.1 Å². The predicted molar refractivity (Wildman–Crippen MR) is 77.2 cm³/mol. The molecule has 1 atom stereocenters. The summed E-state index contributed by atoms with van der Waals surface area (Å²) in [4.78, 5) is 4.24. The van der Waals surface area contributed by atoms with E-state index in [1.54, 1.807) is 0 Å². The highest BCUT2D eigenvalue weighted by atomic mass is 35.5. The van der Waals surface area contributed by atoms with E-state index in [9.17, 15) is 4.39 Å². The maximum atomic E-state index is 13.0. The predicted octanol–water partition coefficient (Wildman–Crippen LogP) is 3.58. The Hall–Kier alpha value is -2.24. The number of hydrogen-bond donors (Lipinski definition) is 1. The summed E-state index contributed by atoms with van der Waals surface area (Å²) in [6.45, 7) is 0. The molecule has 2 aromatic carbocycles. The van der Waals surface area contributed by atoms with Gasteiger partial charge < -0.3 is 10.3 Å². The van der Waals surface area contributed by atoms with Gasteiger partial charge in [-0.1, -0.05) is 47.1 Å². The van der Waals surface area contributed by atoms with Gasteiger partial charge in [0.1, 0.15) is 11.9 Å². The van der Waals surface area contributed by atoms with Gasteiger partial charge in [0.15, 0.2) is 0 Å². The number of benzene rings is 2. The van der Waals surface area contributed by atoms with E-state index in [4.69, 9.17) is 21.9 Å². The lowest BCUT2D eigenvalue weighted by atomic mass is 10.1. The zero-order valence-corrected chi connectivity index (χ0v) is 11.6. The molecule has 2 N–H and O–H groups in total. The first kappa shape index (κ1) is 13.7. The van der Waals surface area contributed by atoms with E-state index in [-0.39, 0.29) is 16.7 Å². The fourth-order valence-electron chi connectivity index (χ4n) is 1.94. The Morgan fingerprint density at radius 2 is 1.90 bits per heavy atom. The highest BCUT2D eigenvalue weighted by Gasteiger charge is 2.18. The van der Waals surface area contributed by atoms with Crippen LogP contribution in [0.15, 0.2) is 53.1 Å². The molecule has 106 valence electrons. The summed E-state index contributed by atoms with van der Waals surface area (Å²) in [5, 5.41) is 4.07. The number of nitrogens with zero attached hydrogens (tertiary/aromatic N) is 2. The van der Waals surface area contributed by atoms with E-state index < -0.39 is 11.9 Å². The molecule has 1 aromatic heterocycles. The van der Waals surface area contributed by atoms with Crippen molar-refractivity contribution in [2.75, 3.05) is 0 Å². The SMILES string of the molecule is NC(c1ccccc1)c1nc(-c2ccc(F)cc2Cl)no1. The second-order valence-corrected chi connectivity index (χ2v) is 4.88. The highest BCUT2D eigenvalue weighted by Crippen LogP contribution is 2.27. The molecule has 6 heteroatoms. The number of halogens is 2. The largest absolute Gasteiger partial charge is 0.337 e. The first-order chi connectivity index (χ1) is 10.1. The molecule has 0 aliphatic heterocycles. The van der Waals surface area contributed by atoms with Crippen LogP contribution in [0.2, 0.25) is 5.02 Å². The van der Waals surface area contributed by atoms with Crippen LogP contribution in [0.4, 0.5) is 4.39 Å². The Bertz CT molecular complexity index is 761. The molecule has 0 aliphatic rings. The van der Waals surface area contributed by atoms with Gasteiger partial charge in [0.2, 0.25) is 11.7 Å². The molecule has 0 radical (unpaired) electrons. The zero-order valence-electron chi connectivity index (χ0n) is 10.8. The van der Waals surface area contributed by atoms with Crippen molar-refractivity contribution in [1.29, 1.82) is 0 Å². The van der Waals surface area contributed by atoms with Crippen LogP contribution in [0.5, 0.6) is 0 Å². The van der Waals surface area contributed by atoms with Gasteiger partial charge in [-0.3, -0.25) is 0 Å². The summed E-state index contributed by atoms with van der Waals surface area (Å²) in [7, 11) is 0. The second kappa shape index (κ2) is 5.63.